The summed E-state index contributed by atoms with van der Waals surface area (Å²) in [5.41, 5.74) is 0.662. The molecule has 1 aliphatic rings. The number of aromatic nitrogens is 3. The van der Waals surface area contributed by atoms with Crippen molar-refractivity contribution in [3.63, 3.8) is 0 Å². The van der Waals surface area contributed by atoms with Crippen LogP contribution in [0.2, 0.25) is 0 Å². The fourth-order valence-corrected chi connectivity index (χ4v) is 4.51. The lowest BCUT2D eigenvalue weighted by atomic mass is 10.2. The van der Waals surface area contributed by atoms with Gasteiger partial charge in [-0.05, 0) is 39.7 Å². The summed E-state index contributed by atoms with van der Waals surface area (Å²) in [5, 5.41) is 13.0. The zero-order valence-electron chi connectivity index (χ0n) is 17.8. The van der Waals surface area contributed by atoms with Crippen molar-refractivity contribution in [2.24, 2.45) is 0 Å². The van der Waals surface area contributed by atoms with Crippen molar-refractivity contribution < 1.29 is 22.7 Å². The molecule has 4 rings (SSSR count). The lowest BCUT2D eigenvalue weighted by molar-refractivity contribution is 0.164. The Labute approximate surface area is 180 Å². The van der Waals surface area contributed by atoms with Gasteiger partial charge in [0.25, 0.3) is 0 Å². The number of nitrogens with zero attached hydrogens (tertiary/aromatic N) is 3. The molecule has 8 nitrogen and oxygen atoms in total. The van der Waals surface area contributed by atoms with Gasteiger partial charge in [0.05, 0.1) is 29.3 Å². The topological polar surface area (TPSA) is 106 Å². The second kappa shape index (κ2) is 7.16. The predicted molar refractivity (Wildman–Crippen MR) is 115 cm³/mol. The van der Waals surface area contributed by atoms with Crippen molar-refractivity contribution >= 4 is 21.3 Å². The molecule has 0 unspecified atom stereocenters. The van der Waals surface area contributed by atoms with Gasteiger partial charge in [0, 0.05) is 30.4 Å². The van der Waals surface area contributed by atoms with Crippen LogP contribution in [0.4, 0.5) is 10.2 Å². The molecular formula is C21H25FN4O4S. The Morgan fingerprint density at radius 1 is 1.29 bits per heavy atom. The molecule has 0 amide bonds. The Morgan fingerprint density at radius 3 is 2.61 bits per heavy atom. The maximum Gasteiger partial charge on any atom is 0.215 e. The van der Waals surface area contributed by atoms with Gasteiger partial charge >= 0.3 is 0 Å². The predicted octanol–water partition coefficient (Wildman–Crippen LogP) is 3.05. The lowest BCUT2D eigenvalue weighted by Gasteiger charge is -2.21. The van der Waals surface area contributed by atoms with Crippen molar-refractivity contribution in [1.29, 1.82) is 0 Å². The maximum atomic E-state index is 14.2. The van der Waals surface area contributed by atoms with E-state index < -0.39 is 26.1 Å². The fraction of sp³-hybridized carbons (Fsp3) is 0.429. The number of aliphatic hydroxyl groups is 1. The minimum atomic E-state index is -3.72. The van der Waals surface area contributed by atoms with Gasteiger partial charge in [0.15, 0.2) is 9.84 Å². The number of nitrogens with one attached hydrogen (secondary N) is 1. The molecule has 0 bridgehead atoms. The molecule has 3 aromatic rings. The molecule has 10 heteroatoms. The van der Waals surface area contributed by atoms with Crippen molar-refractivity contribution in [2.75, 3.05) is 19.0 Å². The molecule has 166 valence electrons. The summed E-state index contributed by atoms with van der Waals surface area (Å²) in [6.45, 7) is 5.13. The Morgan fingerprint density at radius 2 is 2.00 bits per heavy atom. The molecule has 1 saturated carbocycles. The normalized spacial score (nSPS) is 15.8. The fourth-order valence-electron chi connectivity index (χ4n) is 3.20. The third kappa shape index (κ3) is 3.97. The van der Waals surface area contributed by atoms with Crippen LogP contribution < -0.4 is 10.1 Å². The van der Waals surface area contributed by atoms with Crippen LogP contribution in [-0.2, 0) is 9.84 Å². The monoisotopic (exact) mass is 448 g/mol. The number of hydrogen-bond acceptors (Lipinski definition) is 7. The number of rotatable bonds is 6. The number of halogens is 1. The van der Waals surface area contributed by atoms with Gasteiger partial charge in [-0.2, -0.15) is 4.39 Å². The number of methoxy groups -OCH3 is 1. The molecule has 3 heterocycles. The third-order valence-electron chi connectivity index (χ3n) is 5.41. The van der Waals surface area contributed by atoms with Gasteiger partial charge in [0.2, 0.25) is 5.95 Å². The van der Waals surface area contributed by atoms with E-state index >= 15 is 0 Å². The van der Waals surface area contributed by atoms with Crippen LogP contribution in [0, 0.1) is 5.95 Å². The minimum absolute atomic E-state index is 0.0260. The molecule has 31 heavy (non-hydrogen) atoms. The van der Waals surface area contributed by atoms with Crippen molar-refractivity contribution in [3.8, 4) is 17.0 Å². The van der Waals surface area contributed by atoms with Crippen LogP contribution >= 0.6 is 0 Å². The number of pyridine rings is 2. The van der Waals surface area contributed by atoms with E-state index in [0.717, 1.165) is 0 Å². The molecule has 0 aromatic carbocycles. The first-order valence-electron chi connectivity index (χ1n) is 9.87. The smallest absolute Gasteiger partial charge is 0.215 e. The third-order valence-corrected chi connectivity index (χ3v) is 7.90. The van der Waals surface area contributed by atoms with E-state index in [4.69, 9.17) is 4.74 Å². The average molecular weight is 449 g/mol. The van der Waals surface area contributed by atoms with E-state index in [-0.39, 0.29) is 23.0 Å². The number of ether oxygens (including phenoxy) is 1. The molecule has 1 fully saturated rings. The van der Waals surface area contributed by atoms with E-state index in [2.05, 4.69) is 15.3 Å². The Hall–Kier alpha value is -2.72. The summed E-state index contributed by atoms with van der Waals surface area (Å²) in [7, 11) is -2.32. The first kappa shape index (κ1) is 21.5. The van der Waals surface area contributed by atoms with Crippen LogP contribution in [0.3, 0.4) is 0 Å². The number of sulfone groups is 1. The molecular weight excluding hydrogens is 423 g/mol. The van der Waals surface area contributed by atoms with Gasteiger partial charge in [-0.25, -0.2) is 18.4 Å². The standard InChI is InChI=1S/C21H25FN4O4S/c1-20(2,3)31(28,29)16-11-26-14(10-23-19(26)9-15(16)30-4)13-7-17(22)25-18(8-13)24-12-21(27)5-6-21/h7-11,27H,5-6,12H2,1-4H3,(H,24,25). The maximum absolute atomic E-state index is 14.2. The highest BCUT2D eigenvalue weighted by Gasteiger charge is 2.40. The van der Waals surface area contributed by atoms with E-state index in [0.29, 0.717) is 29.7 Å². The van der Waals surface area contributed by atoms with Crippen LogP contribution in [0.15, 0.2) is 35.5 Å². The van der Waals surface area contributed by atoms with Crippen molar-refractivity contribution in [1.82, 2.24) is 14.4 Å². The lowest BCUT2D eigenvalue weighted by Crippen LogP contribution is -2.28. The van der Waals surface area contributed by atoms with Crippen LogP contribution in [0.1, 0.15) is 33.6 Å². The summed E-state index contributed by atoms with van der Waals surface area (Å²) in [6, 6.07) is 4.44. The molecule has 3 aromatic heterocycles. The van der Waals surface area contributed by atoms with Crippen molar-refractivity contribution in [3.05, 3.63) is 36.5 Å². The average Bonchev–Trinajstić information content (AvgIpc) is 3.28. The summed E-state index contributed by atoms with van der Waals surface area (Å²) >= 11 is 0. The first-order valence-corrected chi connectivity index (χ1v) is 11.4. The van der Waals surface area contributed by atoms with Gasteiger partial charge in [-0.15, -0.1) is 0 Å². The van der Waals surface area contributed by atoms with Crippen molar-refractivity contribution in [2.45, 2.75) is 48.9 Å². The molecule has 0 radical (unpaired) electrons. The highest BCUT2D eigenvalue weighted by Crippen LogP contribution is 2.36. The summed E-state index contributed by atoms with van der Waals surface area (Å²) in [6.07, 6.45) is 4.38. The zero-order valence-corrected chi connectivity index (χ0v) is 18.6. The molecule has 0 atom stereocenters. The van der Waals surface area contributed by atoms with E-state index in [9.17, 15) is 17.9 Å². The highest BCUT2D eigenvalue weighted by atomic mass is 32.2. The SMILES string of the molecule is COc1cc2ncc(-c3cc(F)nc(NCC4(O)CC4)c3)n2cc1S(=O)(=O)C(C)(C)C. The number of fused-ring (bicyclic) bond motifs is 1. The second-order valence-corrected chi connectivity index (χ2v) is 11.5. The number of anilines is 1. The summed E-state index contributed by atoms with van der Waals surface area (Å²) < 4.78 is 46.4. The molecule has 1 aliphatic carbocycles. The Kier molecular flexibility index (Phi) is 4.97. The molecule has 0 saturated heterocycles. The number of imidazole rings is 1. The van der Waals surface area contributed by atoms with Crippen LogP contribution in [0.25, 0.3) is 16.9 Å². The second-order valence-electron chi connectivity index (χ2n) is 8.84. The Bertz CT molecular complexity index is 1260. The molecule has 2 N–H and O–H groups in total. The number of hydrogen-bond donors (Lipinski definition) is 2. The van der Waals surface area contributed by atoms with Gasteiger partial charge in [-0.1, -0.05) is 0 Å². The van der Waals surface area contributed by atoms with E-state index in [1.807, 2.05) is 0 Å². The van der Waals surface area contributed by atoms with Gasteiger partial charge in [0.1, 0.15) is 22.1 Å². The van der Waals surface area contributed by atoms with Crippen LogP contribution in [0.5, 0.6) is 5.75 Å². The van der Waals surface area contributed by atoms with Gasteiger partial charge < -0.3 is 15.2 Å². The van der Waals surface area contributed by atoms with E-state index in [1.54, 1.807) is 37.3 Å². The molecule has 0 spiro atoms. The Balaban J connectivity index is 1.82. The van der Waals surface area contributed by atoms with Crippen LogP contribution in [-0.4, -0.2) is 51.9 Å². The quantitative estimate of drug-likeness (QED) is 0.558. The van der Waals surface area contributed by atoms with E-state index in [1.165, 1.54) is 25.6 Å². The summed E-state index contributed by atoms with van der Waals surface area (Å²) in [4.78, 5) is 8.19. The summed E-state index contributed by atoms with van der Waals surface area (Å²) in [5.74, 6) is -0.226. The molecule has 0 aliphatic heterocycles. The zero-order chi connectivity index (χ0) is 22.6. The minimum Gasteiger partial charge on any atom is -0.495 e. The first-order chi connectivity index (χ1) is 14.4. The largest absolute Gasteiger partial charge is 0.495 e. The highest BCUT2D eigenvalue weighted by molar-refractivity contribution is 7.92. The van der Waals surface area contributed by atoms with Gasteiger partial charge in [-0.3, -0.25) is 4.40 Å².